The molecule has 0 spiro atoms. The molecule has 0 amide bonds. The van der Waals surface area contributed by atoms with Crippen molar-refractivity contribution in [2.75, 3.05) is 0 Å². The van der Waals surface area contributed by atoms with E-state index in [1.807, 2.05) is 125 Å². The average molecular weight is 597 g/mol. The third-order valence-electron chi connectivity index (χ3n) is 2.01. The molecule has 0 aromatic heterocycles. The summed E-state index contributed by atoms with van der Waals surface area (Å²) < 4.78 is 0. The van der Waals surface area contributed by atoms with Gasteiger partial charge >= 0.3 is 0 Å². The van der Waals surface area contributed by atoms with E-state index in [1.54, 1.807) is 0 Å². The van der Waals surface area contributed by atoms with Crippen LogP contribution in [0.4, 0.5) is 0 Å². The summed E-state index contributed by atoms with van der Waals surface area (Å²) in [7, 11) is 0. The van der Waals surface area contributed by atoms with Crippen LogP contribution < -0.4 is 0 Å². The molecule has 0 atom stereocenters. The van der Waals surface area contributed by atoms with Crippen LogP contribution in [0.5, 0.6) is 0 Å². The zero-order valence-electron chi connectivity index (χ0n) is 27.1. The van der Waals surface area contributed by atoms with E-state index in [0.717, 1.165) is 0 Å². The van der Waals surface area contributed by atoms with Gasteiger partial charge in [-0.1, -0.05) is 0 Å². The normalized spacial score (nSPS) is 10.1. The zero-order valence-corrected chi connectivity index (χ0v) is 28.9. The molecule has 0 aromatic carbocycles. The Bertz CT molecular complexity index is 618. The first-order valence-corrected chi connectivity index (χ1v) is 11.7. The van der Waals surface area contributed by atoms with Gasteiger partial charge in [0.05, 0.1) is 0 Å². The van der Waals surface area contributed by atoms with Crippen molar-refractivity contribution in [1.82, 2.24) is 0 Å². The first-order valence-electron chi connectivity index (χ1n) is 11.7. The molecule has 0 unspecified atom stereocenters. The molecule has 1 radical (unpaired) electrons. The van der Waals surface area contributed by atoms with Crippen molar-refractivity contribution in [1.29, 1.82) is 0 Å². The third kappa shape index (κ3) is 138. The van der Waals surface area contributed by atoms with Crippen LogP contribution >= 0.6 is 0 Å². The molecule has 0 fully saturated rings. The SMILES string of the molecule is [C-]#[N+]C(C)(C)C.[C-]#[N+]C(C)(C)C.[C-]#[N+]C(C)(C)C.[C-]#[N+]C(C)(C)C.[C-]#[N+]C(C)(C)C.[C-]#[N+]C(C)(C)C.[Tc]. The maximum atomic E-state index is 6.48. The molecule has 0 rings (SSSR count). The molecule has 37 heavy (non-hydrogen) atoms. The van der Waals surface area contributed by atoms with Crippen molar-refractivity contribution in [3.63, 3.8) is 0 Å². The molecular formula is C30H54N6Tc. The zero-order chi connectivity index (χ0) is 31.2. The molecular weight excluding hydrogens is 542 g/mol. The second-order valence-corrected chi connectivity index (χ2v) is 13.7. The number of hydrogen-bond donors (Lipinski definition) is 0. The third-order valence-corrected chi connectivity index (χ3v) is 2.01. The Hall–Kier alpha value is -2.41. The van der Waals surface area contributed by atoms with Gasteiger partial charge in [-0.25, -0.2) is 39.4 Å². The van der Waals surface area contributed by atoms with E-state index in [4.69, 9.17) is 39.4 Å². The van der Waals surface area contributed by atoms with Crippen molar-refractivity contribution in [3.05, 3.63) is 68.5 Å². The summed E-state index contributed by atoms with van der Waals surface area (Å²) >= 11 is 0. The first-order chi connectivity index (χ1) is 15.4. The minimum atomic E-state index is -0.167. The Kier molecular flexibility index (Phi) is 31.5. The molecule has 0 saturated heterocycles. The predicted molar refractivity (Wildman–Crippen MR) is 158 cm³/mol. The molecule has 0 bridgehead atoms. The van der Waals surface area contributed by atoms with Crippen molar-refractivity contribution in [2.24, 2.45) is 0 Å². The van der Waals surface area contributed by atoms with Crippen LogP contribution in [0.3, 0.4) is 0 Å². The van der Waals surface area contributed by atoms with Crippen molar-refractivity contribution in [2.45, 2.75) is 158 Å². The molecule has 0 aliphatic rings. The van der Waals surface area contributed by atoms with Crippen LogP contribution in [0.25, 0.3) is 29.1 Å². The van der Waals surface area contributed by atoms with Crippen LogP contribution in [0.15, 0.2) is 0 Å². The van der Waals surface area contributed by atoms with Gasteiger partial charge in [0, 0.05) is 145 Å². The minimum absolute atomic E-state index is 0. The van der Waals surface area contributed by atoms with E-state index in [-0.39, 0.29) is 53.3 Å². The monoisotopic (exact) mass is 595 g/mol. The smallest absolute Gasteiger partial charge is 0.224 e. The topological polar surface area (TPSA) is 26.2 Å². The second kappa shape index (κ2) is 22.8. The van der Waals surface area contributed by atoms with Gasteiger partial charge in [0.25, 0.3) is 0 Å². The van der Waals surface area contributed by atoms with Crippen LogP contribution in [0, 0.1) is 39.4 Å². The molecule has 0 saturated carbocycles. The number of rotatable bonds is 0. The van der Waals surface area contributed by atoms with Crippen LogP contribution in [0.1, 0.15) is 125 Å². The molecule has 7 heteroatoms. The van der Waals surface area contributed by atoms with E-state index in [0.29, 0.717) is 0 Å². The molecule has 211 valence electrons. The van der Waals surface area contributed by atoms with Gasteiger partial charge in [-0.3, -0.25) is 0 Å². The number of hydrogen-bond acceptors (Lipinski definition) is 0. The Morgan fingerprint density at radius 3 is 0.270 bits per heavy atom. The Labute approximate surface area is 245 Å². The minimum Gasteiger partial charge on any atom is -0.311 e. The Morgan fingerprint density at radius 2 is 0.270 bits per heavy atom. The summed E-state index contributed by atoms with van der Waals surface area (Å²) in [4.78, 5) is 19.6. The van der Waals surface area contributed by atoms with Crippen molar-refractivity contribution >= 4 is 0 Å². The summed E-state index contributed by atoms with van der Waals surface area (Å²) in [5.74, 6) is 0. The fourth-order valence-corrected chi connectivity index (χ4v) is 0. The van der Waals surface area contributed by atoms with Crippen LogP contribution in [-0.4, -0.2) is 33.2 Å². The summed E-state index contributed by atoms with van der Waals surface area (Å²) in [5, 5.41) is 0. The van der Waals surface area contributed by atoms with E-state index in [1.165, 1.54) is 0 Å². The van der Waals surface area contributed by atoms with E-state index < -0.39 is 0 Å². The average Bonchev–Trinajstić information content (AvgIpc) is 2.67. The Balaban J connectivity index is -0.0000000581. The van der Waals surface area contributed by atoms with Gasteiger partial charge in [-0.2, -0.15) is 0 Å². The molecule has 0 heterocycles. The first kappa shape index (κ1) is 51.3. The predicted octanol–water partition coefficient (Wildman–Crippen LogP) is 10.2. The summed E-state index contributed by atoms with van der Waals surface area (Å²) in [6.45, 7) is 72.9. The van der Waals surface area contributed by atoms with Gasteiger partial charge in [0.2, 0.25) is 33.2 Å². The van der Waals surface area contributed by atoms with Crippen molar-refractivity contribution < 1.29 is 20.1 Å². The van der Waals surface area contributed by atoms with Crippen LogP contribution in [0.2, 0.25) is 0 Å². The fourth-order valence-electron chi connectivity index (χ4n) is 0. The second-order valence-electron chi connectivity index (χ2n) is 13.7. The van der Waals surface area contributed by atoms with Gasteiger partial charge in [-0.15, -0.1) is 0 Å². The fraction of sp³-hybridized carbons (Fsp3) is 0.800. The Morgan fingerprint density at radius 1 is 0.243 bits per heavy atom. The van der Waals surface area contributed by atoms with E-state index in [9.17, 15) is 0 Å². The molecule has 0 aliphatic carbocycles. The maximum absolute atomic E-state index is 6.48. The van der Waals surface area contributed by atoms with E-state index in [2.05, 4.69) is 29.1 Å². The molecule has 0 N–H and O–H groups in total. The maximum Gasteiger partial charge on any atom is 0.224 e. The van der Waals surface area contributed by atoms with Crippen LogP contribution in [-0.2, 0) is 20.1 Å². The summed E-state index contributed by atoms with van der Waals surface area (Å²) in [5.41, 5.74) is -1.00. The molecule has 0 aliphatic heterocycles. The van der Waals surface area contributed by atoms with E-state index >= 15 is 0 Å². The standard InChI is InChI=1S/6C5H9N.Tc/c6*1-5(2,3)6-4;/h6*1-3H3;. The van der Waals surface area contributed by atoms with Gasteiger partial charge in [0.15, 0.2) is 0 Å². The quantitative estimate of drug-likeness (QED) is 0.249. The van der Waals surface area contributed by atoms with Gasteiger partial charge in [0.1, 0.15) is 0 Å². The van der Waals surface area contributed by atoms with Gasteiger partial charge in [-0.05, 0) is 0 Å². The number of nitrogens with zero attached hydrogens (tertiary/aromatic N) is 6. The largest absolute Gasteiger partial charge is 0.311 e. The molecule has 0 aromatic rings. The van der Waals surface area contributed by atoms with Gasteiger partial charge < -0.3 is 29.1 Å². The molecule has 6 nitrogen and oxygen atoms in total. The summed E-state index contributed by atoms with van der Waals surface area (Å²) in [6, 6.07) is 0. The van der Waals surface area contributed by atoms with Crippen molar-refractivity contribution in [3.8, 4) is 0 Å². The summed E-state index contributed by atoms with van der Waals surface area (Å²) in [6.07, 6.45) is 0.